The minimum atomic E-state index is -0.113. The van der Waals surface area contributed by atoms with Crippen LogP contribution >= 0.6 is 34.4 Å². The van der Waals surface area contributed by atoms with Crippen LogP contribution in [0.2, 0.25) is 0 Å². The maximum absolute atomic E-state index is 12.3. The largest absolute Gasteiger partial charge is 0.316 e. The van der Waals surface area contributed by atoms with Gasteiger partial charge in [0, 0.05) is 10.3 Å². The van der Waals surface area contributed by atoms with Crippen LogP contribution in [0.25, 0.3) is 10.2 Å². The number of thiophene rings is 2. The van der Waals surface area contributed by atoms with E-state index in [0.29, 0.717) is 10.6 Å². The van der Waals surface area contributed by atoms with Crippen molar-refractivity contribution in [2.45, 2.75) is 24.3 Å². The molecule has 0 radical (unpaired) electrons. The van der Waals surface area contributed by atoms with Gasteiger partial charge in [0.1, 0.15) is 27.3 Å². The highest BCUT2D eigenvalue weighted by atomic mass is 32.2. The number of nitriles is 1. The fourth-order valence-corrected chi connectivity index (χ4v) is 5.62. The molecule has 3 aromatic heterocycles. The number of thioether (sulfide) groups is 1. The molecule has 0 atom stereocenters. The Morgan fingerprint density at radius 1 is 1.42 bits per heavy atom. The highest BCUT2D eigenvalue weighted by Gasteiger charge is 2.23. The lowest BCUT2D eigenvalue weighted by molar-refractivity contribution is -0.113. The van der Waals surface area contributed by atoms with E-state index in [1.54, 1.807) is 11.3 Å². The summed E-state index contributed by atoms with van der Waals surface area (Å²) in [6.45, 7) is 0. The Labute approximate surface area is 150 Å². The van der Waals surface area contributed by atoms with Crippen LogP contribution in [0.4, 0.5) is 5.00 Å². The summed E-state index contributed by atoms with van der Waals surface area (Å²) in [4.78, 5) is 22.9. The number of anilines is 1. The Balaban J connectivity index is 1.46. The maximum Gasteiger partial charge on any atom is 0.235 e. The van der Waals surface area contributed by atoms with Crippen molar-refractivity contribution in [3.8, 4) is 6.07 Å². The number of fused-ring (bicyclic) bond motifs is 2. The molecule has 0 bridgehead atoms. The van der Waals surface area contributed by atoms with E-state index in [4.69, 9.17) is 0 Å². The minimum Gasteiger partial charge on any atom is -0.316 e. The molecule has 1 N–H and O–H groups in total. The monoisotopic (exact) mass is 372 g/mol. The number of aryl methyl sites for hydroxylation is 1. The Morgan fingerprint density at radius 3 is 3.21 bits per heavy atom. The van der Waals surface area contributed by atoms with Gasteiger partial charge in [-0.15, -0.1) is 22.7 Å². The zero-order chi connectivity index (χ0) is 16.5. The van der Waals surface area contributed by atoms with Gasteiger partial charge in [0.15, 0.2) is 0 Å². The fourth-order valence-electron chi connectivity index (χ4n) is 2.79. The number of aromatic nitrogens is 2. The van der Waals surface area contributed by atoms with Crippen LogP contribution in [0, 0.1) is 11.3 Å². The van der Waals surface area contributed by atoms with Crippen molar-refractivity contribution in [3.05, 3.63) is 33.8 Å². The number of carbonyl (C=O) groups excluding carboxylic acids is 1. The highest BCUT2D eigenvalue weighted by molar-refractivity contribution is 8.00. The van der Waals surface area contributed by atoms with E-state index in [1.807, 2.05) is 11.4 Å². The van der Waals surface area contributed by atoms with Gasteiger partial charge in [-0.2, -0.15) is 5.26 Å². The van der Waals surface area contributed by atoms with Crippen LogP contribution in [0.5, 0.6) is 0 Å². The second-order valence-corrected chi connectivity index (χ2v) is 8.29. The molecule has 3 aromatic rings. The molecule has 0 spiro atoms. The van der Waals surface area contributed by atoms with Crippen LogP contribution < -0.4 is 5.32 Å². The number of rotatable bonds is 4. The molecule has 120 valence electrons. The Kier molecular flexibility index (Phi) is 4.22. The summed E-state index contributed by atoms with van der Waals surface area (Å²) in [5.74, 6) is 0.147. The summed E-state index contributed by atoms with van der Waals surface area (Å²) in [6.07, 6.45) is 4.58. The van der Waals surface area contributed by atoms with Gasteiger partial charge in [0.25, 0.3) is 0 Å². The summed E-state index contributed by atoms with van der Waals surface area (Å²) in [5, 5.41) is 16.7. The second-order valence-electron chi connectivity index (χ2n) is 5.33. The van der Waals surface area contributed by atoms with Gasteiger partial charge in [-0.3, -0.25) is 4.79 Å². The molecular weight excluding hydrogens is 360 g/mol. The van der Waals surface area contributed by atoms with E-state index in [-0.39, 0.29) is 11.7 Å². The summed E-state index contributed by atoms with van der Waals surface area (Å²) in [5.41, 5.74) is 1.77. The zero-order valence-corrected chi connectivity index (χ0v) is 15.0. The number of hydrogen-bond acceptors (Lipinski definition) is 7. The van der Waals surface area contributed by atoms with E-state index in [2.05, 4.69) is 21.4 Å². The van der Waals surface area contributed by atoms with Crippen molar-refractivity contribution >= 4 is 55.6 Å². The van der Waals surface area contributed by atoms with E-state index < -0.39 is 0 Å². The molecule has 1 aliphatic rings. The number of amides is 1. The van der Waals surface area contributed by atoms with Crippen LogP contribution in [0.1, 0.15) is 22.4 Å². The molecule has 4 rings (SSSR count). The molecule has 24 heavy (non-hydrogen) atoms. The Bertz CT molecular complexity index is 970. The average Bonchev–Trinajstić information content (AvgIpc) is 3.27. The van der Waals surface area contributed by atoms with Crippen molar-refractivity contribution < 1.29 is 4.79 Å². The summed E-state index contributed by atoms with van der Waals surface area (Å²) in [6, 6.07) is 4.22. The minimum absolute atomic E-state index is 0.113. The van der Waals surface area contributed by atoms with Gasteiger partial charge < -0.3 is 5.32 Å². The second kappa shape index (κ2) is 6.51. The quantitative estimate of drug-likeness (QED) is 0.556. The Morgan fingerprint density at radius 2 is 2.33 bits per heavy atom. The van der Waals surface area contributed by atoms with Crippen LogP contribution in [0.3, 0.4) is 0 Å². The maximum atomic E-state index is 12.3. The normalized spacial score (nSPS) is 13.0. The first-order chi connectivity index (χ1) is 11.8. The number of nitrogens with one attached hydrogen (secondary N) is 1. The van der Waals surface area contributed by atoms with Crippen molar-refractivity contribution in [1.29, 1.82) is 5.26 Å². The molecule has 0 aliphatic heterocycles. The molecule has 0 saturated heterocycles. The molecule has 3 heterocycles. The van der Waals surface area contributed by atoms with Gasteiger partial charge in [-0.25, -0.2) is 9.97 Å². The van der Waals surface area contributed by atoms with Gasteiger partial charge in [-0.1, -0.05) is 11.8 Å². The first kappa shape index (κ1) is 15.6. The smallest absolute Gasteiger partial charge is 0.235 e. The van der Waals surface area contributed by atoms with Crippen molar-refractivity contribution in [3.63, 3.8) is 0 Å². The molecule has 1 amide bonds. The third-order valence-electron chi connectivity index (χ3n) is 3.85. The topological polar surface area (TPSA) is 78.7 Å². The molecule has 8 heteroatoms. The van der Waals surface area contributed by atoms with Gasteiger partial charge in [-0.05, 0) is 36.3 Å². The fraction of sp³-hybridized carbons (Fsp3) is 0.250. The van der Waals surface area contributed by atoms with Crippen molar-refractivity contribution in [2.75, 3.05) is 11.1 Å². The predicted molar refractivity (Wildman–Crippen MR) is 97.8 cm³/mol. The van der Waals surface area contributed by atoms with Crippen LogP contribution in [0.15, 0.2) is 22.8 Å². The van der Waals surface area contributed by atoms with Crippen molar-refractivity contribution in [1.82, 2.24) is 9.97 Å². The lowest BCUT2D eigenvalue weighted by Gasteiger charge is -2.04. The number of nitrogens with zero attached hydrogens (tertiary/aromatic N) is 3. The highest BCUT2D eigenvalue weighted by Crippen LogP contribution is 2.38. The summed E-state index contributed by atoms with van der Waals surface area (Å²) >= 11 is 4.49. The predicted octanol–water partition coefficient (Wildman–Crippen LogP) is 3.84. The lowest BCUT2D eigenvalue weighted by Crippen LogP contribution is -2.14. The average molecular weight is 373 g/mol. The van der Waals surface area contributed by atoms with E-state index in [0.717, 1.165) is 40.1 Å². The van der Waals surface area contributed by atoms with E-state index in [9.17, 15) is 10.1 Å². The number of hydrogen-bond donors (Lipinski definition) is 1. The third kappa shape index (κ3) is 2.79. The van der Waals surface area contributed by atoms with Gasteiger partial charge in [0.2, 0.25) is 5.91 Å². The first-order valence-corrected chi connectivity index (χ1v) is 10.1. The summed E-state index contributed by atoms with van der Waals surface area (Å²) in [7, 11) is 0. The van der Waals surface area contributed by atoms with Gasteiger partial charge >= 0.3 is 0 Å². The SMILES string of the molecule is N#Cc1c(NC(=O)CSc2ncnc3sccc23)sc2c1CCC2. The third-order valence-corrected chi connectivity index (χ3v) is 6.88. The zero-order valence-electron chi connectivity index (χ0n) is 12.5. The van der Waals surface area contributed by atoms with Crippen LogP contribution in [-0.2, 0) is 17.6 Å². The molecule has 0 aromatic carbocycles. The van der Waals surface area contributed by atoms with Crippen LogP contribution in [-0.4, -0.2) is 21.6 Å². The Hall–Kier alpha value is -1.95. The molecule has 0 unspecified atom stereocenters. The molecule has 0 fully saturated rings. The molecular formula is C16H12N4OS3. The first-order valence-electron chi connectivity index (χ1n) is 7.41. The van der Waals surface area contributed by atoms with E-state index >= 15 is 0 Å². The molecule has 0 saturated carbocycles. The van der Waals surface area contributed by atoms with Gasteiger partial charge in [0.05, 0.1) is 11.3 Å². The van der Waals surface area contributed by atoms with E-state index in [1.165, 1.54) is 34.3 Å². The summed E-state index contributed by atoms with van der Waals surface area (Å²) < 4.78 is 0. The number of carbonyl (C=O) groups is 1. The molecule has 1 aliphatic carbocycles. The molecule has 5 nitrogen and oxygen atoms in total. The lowest BCUT2D eigenvalue weighted by atomic mass is 10.1. The standard InChI is InChI=1S/C16H12N4OS3/c17-6-11-9-2-1-3-12(9)24-16(11)20-13(21)7-23-15-10-4-5-22-14(10)18-8-19-15/h4-5,8H,1-3,7H2,(H,20,21). The van der Waals surface area contributed by atoms with Crippen molar-refractivity contribution in [2.24, 2.45) is 0 Å².